The number of alkyl carbamates (subject to hydrolysis) is 1. The maximum absolute atomic E-state index is 12.5. The number of dihydropyridines is 1. The molecule has 0 fully saturated rings. The van der Waals surface area contributed by atoms with Crippen LogP contribution in [0.5, 0.6) is 0 Å². The summed E-state index contributed by atoms with van der Waals surface area (Å²) in [6, 6.07) is 14.6. The maximum Gasteiger partial charge on any atom is 0.471 e. The third kappa shape index (κ3) is 7.72. The fourth-order valence-electron chi connectivity index (χ4n) is 3.11. The van der Waals surface area contributed by atoms with Crippen molar-refractivity contribution in [3.63, 3.8) is 0 Å². The Morgan fingerprint density at radius 2 is 1.72 bits per heavy atom. The van der Waals surface area contributed by atoms with Gasteiger partial charge in [0.1, 0.15) is 6.61 Å². The first-order valence-corrected chi connectivity index (χ1v) is 10.4. The smallest absolute Gasteiger partial charge is 0.444 e. The number of ether oxygens (including phenoxy) is 2. The highest BCUT2D eigenvalue weighted by molar-refractivity contribution is 6.20. The summed E-state index contributed by atoms with van der Waals surface area (Å²) in [5.41, 5.74) is 1.82. The van der Waals surface area contributed by atoms with E-state index in [-0.39, 0.29) is 30.7 Å². The van der Waals surface area contributed by atoms with Gasteiger partial charge in [0.25, 0.3) is 0 Å². The molecule has 0 bridgehead atoms. The van der Waals surface area contributed by atoms with Gasteiger partial charge >= 0.3 is 24.1 Å². The molecule has 1 aliphatic heterocycles. The number of allylic oxidation sites excluding steroid dienone is 2. The van der Waals surface area contributed by atoms with Crippen LogP contribution in [0.15, 0.2) is 78.1 Å². The van der Waals surface area contributed by atoms with E-state index >= 15 is 0 Å². The monoisotopic (exact) mass is 503 g/mol. The number of aldehydes is 1. The summed E-state index contributed by atoms with van der Waals surface area (Å²) in [5, 5.41) is 6.97. The molecule has 3 rings (SSSR count). The molecule has 0 saturated carbocycles. The van der Waals surface area contributed by atoms with Crippen LogP contribution in [0.25, 0.3) is 0 Å². The molecule has 2 aromatic carbocycles. The number of amides is 2. The molecule has 0 aliphatic carbocycles. The van der Waals surface area contributed by atoms with Crippen molar-refractivity contribution in [2.45, 2.75) is 25.4 Å². The molecular formula is C24H20F3N3O6. The molecule has 9 nitrogen and oxygen atoms in total. The van der Waals surface area contributed by atoms with Crippen LogP contribution in [0.2, 0.25) is 0 Å². The first-order chi connectivity index (χ1) is 17.1. The van der Waals surface area contributed by atoms with Crippen molar-refractivity contribution in [3.8, 4) is 0 Å². The van der Waals surface area contributed by atoms with Gasteiger partial charge in [-0.3, -0.25) is 14.9 Å². The van der Waals surface area contributed by atoms with E-state index in [1.54, 1.807) is 35.6 Å². The minimum absolute atomic E-state index is 0.0225. The summed E-state index contributed by atoms with van der Waals surface area (Å²) in [6.07, 6.45) is -4.04. The highest BCUT2D eigenvalue weighted by Crippen LogP contribution is 2.21. The number of alkyl halides is 3. The number of anilines is 1. The van der Waals surface area contributed by atoms with Gasteiger partial charge in [-0.05, 0) is 41.3 Å². The summed E-state index contributed by atoms with van der Waals surface area (Å²) < 4.78 is 47.7. The van der Waals surface area contributed by atoms with Gasteiger partial charge < -0.3 is 20.1 Å². The standard InChI is InChI=1S/C24H20F3N3O6/c25-24(26,27)22(33)29-18-8-4-7-16(10-18)9-17-11-19(21(28-12-17)36-20(32)13-31)30-23(34)35-14-15-5-2-1-3-6-15/h1-8,10-13,21,28H,9,14H2,(H,29,33)(H,30,34). The number of halogens is 3. The minimum Gasteiger partial charge on any atom is -0.444 e. The van der Waals surface area contributed by atoms with Crippen LogP contribution in [-0.4, -0.2) is 36.7 Å². The maximum atomic E-state index is 12.5. The Hall–Kier alpha value is -4.61. The van der Waals surface area contributed by atoms with Gasteiger partial charge in [-0.25, -0.2) is 9.59 Å². The Kier molecular flexibility index (Phi) is 8.44. The Morgan fingerprint density at radius 1 is 1.00 bits per heavy atom. The molecule has 2 amide bonds. The van der Waals surface area contributed by atoms with Crippen molar-refractivity contribution >= 4 is 29.9 Å². The molecule has 1 heterocycles. The molecule has 1 atom stereocenters. The molecule has 36 heavy (non-hydrogen) atoms. The van der Waals surface area contributed by atoms with E-state index < -0.39 is 30.4 Å². The summed E-state index contributed by atoms with van der Waals surface area (Å²) in [4.78, 5) is 45.7. The second-order valence-corrected chi connectivity index (χ2v) is 7.44. The fourth-order valence-corrected chi connectivity index (χ4v) is 3.11. The average molecular weight is 503 g/mol. The van der Waals surface area contributed by atoms with Crippen molar-refractivity contribution in [2.24, 2.45) is 0 Å². The van der Waals surface area contributed by atoms with Gasteiger partial charge in [0, 0.05) is 11.9 Å². The third-order valence-electron chi connectivity index (χ3n) is 4.68. The molecule has 0 radical (unpaired) electrons. The van der Waals surface area contributed by atoms with Crippen LogP contribution in [0.1, 0.15) is 11.1 Å². The van der Waals surface area contributed by atoms with E-state index in [1.165, 1.54) is 30.5 Å². The zero-order valence-electron chi connectivity index (χ0n) is 18.5. The molecule has 0 saturated heterocycles. The Labute approximate surface area is 203 Å². The normalized spacial score (nSPS) is 14.9. The van der Waals surface area contributed by atoms with Crippen LogP contribution in [-0.2, 0) is 36.9 Å². The number of carbonyl (C=O) groups excluding carboxylic acids is 4. The van der Waals surface area contributed by atoms with E-state index in [0.29, 0.717) is 11.1 Å². The lowest BCUT2D eigenvalue weighted by atomic mass is 10.0. The number of esters is 1. The van der Waals surface area contributed by atoms with Crippen LogP contribution >= 0.6 is 0 Å². The van der Waals surface area contributed by atoms with Crippen molar-refractivity contribution in [1.82, 2.24) is 10.6 Å². The lowest BCUT2D eigenvalue weighted by molar-refractivity contribution is -0.167. The number of hydrogen-bond donors (Lipinski definition) is 3. The molecule has 1 aliphatic rings. The summed E-state index contributed by atoms with van der Waals surface area (Å²) in [7, 11) is 0. The predicted octanol–water partition coefficient (Wildman–Crippen LogP) is 3.10. The molecule has 12 heteroatoms. The van der Waals surface area contributed by atoms with E-state index in [1.807, 2.05) is 6.07 Å². The second-order valence-electron chi connectivity index (χ2n) is 7.44. The van der Waals surface area contributed by atoms with E-state index in [0.717, 1.165) is 5.56 Å². The highest BCUT2D eigenvalue weighted by Gasteiger charge is 2.38. The zero-order chi connectivity index (χ0) is 26.1. The number of nitrogens with one attached hydrogen (secondary N) is 3. The summed E-state index contributed by atoms with van der Waals surface area (Å²) in [6.45, 7) is -0.0225. The van der Waals surface area contributed by atoms with E-state index in [4.69, 9.17) is 9.47 Å². The molecule has 0 aromatic heterocycles. The van der Waals surface area contributed by atoms with Crippen molar-refractivity contribution in [3.05, 3.63) is 89.3 Å². The third-order valence-corrected chi connectivity index (χ3v) is 4.68. The first kappa shape index (κ1) is 26.0. The van der Waals surface area contributed by atoms with Gasteiger partial charge in [0.05, 0.1) is 5.70 Å². The van der Waals surface area contributed by atoms with E-state index in [2.05, 4.69) is 10.6 Å². The van der Waals surface area contributed by atoms with Gasteiger partial charge in [-0.15, -0.1) is 0 Å². The Bertz CT molecular complexity index is 1200. The number of benzene rings is 2. The Balaban J connectivity index is 1.71. The van der Waals surface area contributed by atoms with Crippen molar-refractivity contribution in [2.75, 3.05) is 5.32 Å². The molecule has 188 valence electrons. The van der Waals surface area contributed by atoms with Crippen LogP contribution in [0.4, 0.5) is 23.7 Å². The fraction of sp³-hybridized carbons (Fsp3) is 0.167. The minimum atomic E-state index is -5.03. The van der Waals surface area contributed by atoms with Gasteiger partial charge in [0.2, 0.25) is 12.5 Å². The predicted molar refractivity (Wildman–Crippen MR) is 120 cm³/mol. The molecular weight excluding hydrogens is 483 g/mol. The van der Waals surface area contributed by atoms with Crippen LogP contribution < -0.4 is 16.0 Å². The zero-order valence-corrected chi connectivity index (χ0v) is 18.5. The largest absolute Gasteiger partial charge is 0.471 e. The molecule has 2 aromatic rings. The first-order valence-electron chi connectivity index (χ1n) is 10.4. The van der Waals surface area contributed by atoms with E-state index in [9.17, 15) is 32.3 Å². The average Bonchev–Trinajstić information content (AvgIpc) is 2.84. The van der Waals surface area contributed by atoms with Crippen LogP contribution in [0, 0.1) is 0 Å². The molecule has 0 spiro atoms. The number of hydrogen-bond acceptors (Lipinski definition) is 7. The van der Waals surface area contributed by atoms with Gasteiger partial charge in [-0.1, -0.05) is 42.5 Å². The quantitative estimate of drug-likeness (QED) is 0.287. The molecule has 3 N–H and O–H groups in total. The van der Waals surface area contributed by atoms with Crippen molar-refractivity contribution < 1.29 is 41.8 Å². The summed E-state index contributed by atoms with van der Waals surface area (Å²) in [5.74, 6) is -3.28. The SMILES string of the molecule is O=CC(=O)OC1NC=C(Cc2cccc(NC(=O)C(F)(F)F)c2)C=C1NC(=O)OCc1ccccc1. The summed E-state index contributed by atoms with van der Waals surface area (Å²) >= 11 is 0. The topological polar surface area (TPSA) is 123 Å². The number of rotatable bonds is 8. The van der Waals surface area contributed by atoms with Crippen LogP contribution in [0.3, 0.4) is 0 Å². The van der Waals surface area contributed by atoms with Gasteiger partial charge in [-0.2, -0.15) is 13.2 Å². The highest BCUT2D eigenvalue weighted by atomic mass is 19.4. The molecule has 1 unspecified atom stereocenters. The second kappa shape index (κ2) is 11.7. The Morgan fingerprint density at radius 3 is 2.42 bits per heavy atom. The number of carbonyl (C=O) groups is 4. The van der Waals surface area contributed by atoms with Gasteiger partial charge in [0.15, 0.2) is 0 Å². The lowest BCUT2D eigenvalue weighted by Gasteiger charge is -2.25. The van der Waals surface area contributed by atoms with Crippen molar-refractivity contribution in [1.29, 1.82) is 0 Å². The lowest BCUT2D eigenvalue weighted by Crippen LogP contribution is -2.42.